The SMILES string of the molecule is COc1cccc(-c2noc(CNC(=S)Nc3ccc(F)cc3)n2)c1. The fourth-order valence-corrected chi connectivity index (χ4v) is 2.26. The summed E-state index contributed by atoms with van der Waals surface area (Å²) in [5.41, 5.74) is 1.47. The molecule has 0 aliphatic heterocycles. The smallest absolute Gasteiger partial charge is 0.246 e. The molecule has 2 N–H and O–H groups in total. The summed E-state index contributed by atoms with van der Waals surface area (Å²) in [5, 5.41) is 10.2. The minimum Gasteiger partial charge on any atom is -0.497 e. The van der Waals surface area contributed by atoms with Crippen LogP contribution in [-0.4, -0.2) is 22.4 Å². The second kappa shape index (κ2) is 7.71. The van der Waals surface area contributed by atoms with Gasteiger partial charge in [0.15, 0.2) is 5.11 Å². The Morgan fingerprint density at radius 1 is 1.24 bits per heavy atom. The maximum absolute atomic E-state index is 12.9. The quantitative estimate of drug-likeness (QED) is 0.678. The van der Waals surface area contributed by atoms with Crippen LogP contribution in [0.5, 0.6) is 5.75 Å². The van der Waals surface area contributed by atoms with E-state index in [1.165, 1.54) is 12.1 Å². The van der Waals surface area contributed by atoms with Crippen molar-refractivity contribution in [3.63, 3.8) is 0 Å². The minimum absolute atomic E-state index is 0.268. The van der Waals surface area contributed by atoms with Crippen LogP contribution < -0.4 is 15.4 Å². The number of nitrogens with one attached hydrogen (secondary N) is 2. The molecule has 0 radical (unpaired) electrons. The molecule has 6 nitrogen and oxygen atoms in total. The van der Waals surface area contributed by atoms with Crippen molar-refractivity contribution in [2.24, 2.45) is 0 Å². The third kappa shape index (κ3) is 4.51. The van der Waals surface area contributed by atoms with Crippen LogP contribution in [0.3, 0.4) is 0 Å². The molecule has 1 heterocycles. The van der Waals surface area contributed by atoms with Crippen LogP contribution in [0, 0.1) is 5.82 Å². The van der Waals surface area contributed by atoms with E-state index in [0.29, 0.717) is 28.3 Å². The number of anilines is 1. The fraction of sp³-hybridized carbons (Fsp3) is 0.118. The number of rotatable bonds is 5. The molecule has 128 valence electrons. The monoisotopic (exact) mass is 358 g/mol. The van der Waals surface area contributed by atoms with Gasteiger partial charge in [0, 0.05) is 11.3 Å². The van der Waals surface area contributed by atoms with Crippen LogP contribution in [-0.2, 0) is 6.54 Å². The number of hydrogen-bond acceptors (Lipinski definition) is 5. The number of halogens is 1. The molecule has 0 bridgehead atoms. The van der Waals surface area contributed by atoms with Gasteiger partial charge in [0.2, 0.25) is 11.7 Å². The summed E-state index contributed by atoms with van der Waals surface area (Å²) < 4.78 is 23.3. The van der Waals surface area contributed by atoms with E-state index in [0.717, 1.165) is 5.56 Å². The number of aromatic nitrogens is 2. The molecule has 8 heteroatoms. The predicted molar refractivity (Wildman–Crippen MR) is 95.7 cm³/mol. The first-order valence-electron chi connectivity index (χ1n) is 7.41. The van der Waals surface area contributed by atoms with E-state index in [-0.39, 0.29) is 12.4 Å². The van der Waals surface area contributed by atoms with E-state index in [1.807, 2.05) is 24.3 Å². The molecule has 1 aromatic heterocycles. The van der Waals surface area contributed by atoms with E-state index < -0.39 is 0 Å². The van der Waals surface area contributed by atoms with Crippen LogP contribution in [0.25, 0.3) is 11.4 Å². The van der Waals surface area contributed by atoms with Gasteiger partial charge in [0.1, 0.15) is 11.6 Å². The summed E-state index contributed by atoms with van der Waals surface area (Å²) in [7, 11) is 1.60. The van der Waals surface area contributed by atoms with Crippen LogP contribution >= 0.6 is 12.2 Å². The van der Waals surface area contributed by atoms with E-state index in [4.69, 9.17) is 21.5 Å². The first-order chi connectivity index (χ1) is 12.1. The molecule has 0 spiro atoms. The Hall–Kier alpha value is -3.00. The van der Waals surface area contributed by atoms with E-state index in [1.54, 1.807) is 19.2 Å². The van der Waals surface area contributed by atoms with E-state index in [2.05, 4.69) is 20.8 Å². The molecule has 0 aliphatic carbocycles. The zero-order valence-electron chi connectivity index (χ0n) is 13.3. The summed E-state index contributed by atoms with van der Waals surface area (Å²) in [4.78, 5) is 4.31. The van der Waals surface area contributed by atoms with Crippen molar-refractivity contribution in [3.8, 4) is 17.1 Å². The molecular weight excluding hydrogens is 343 g/mol. The molecule has 0 fully saturated rings. The third-order valence-corrected chi connectivity index (χ3v) is 3.54. The summed E-state index contributed by atoms with van der Waals surface area (Å²) >= 11 is 5.18. The zero-order valence-corrected chi connectivity index (χ0v) is 14.1. The maximum atomic E-state index is 12.9. The topological polar surface area (TPSA) is 72.2 Å². The second-order valence-corrected chi connectivity index (χ2v) is 5.47. The predicted octanol–water partition coefficient (Wildman–Crippen LogP) is 3.37. The van der Waals surface area contributed by atoms with Crippen molar-refractivity contribution >= 4 is 23.0 Å². The van der Waals surface area contributed by atoms with Crippen molar-refractivity contribution < 1.29 is 13.7 Å². The molecule has 25 heavy (non-hydrogen) atoms. The van der Waals surface area contributed by atoms with Crippen LogP contribution in [0.4, 0.5) is 10.1 Å². The molecule has 0 saturated carbocycles. The lowest BCUT2D eigenvalue weighted by atomic mass is 10.2. The van der Waals surface area contributed by atoms with Crippen molar-refractivity contribution in [1.29, 1.82) is 0 Å². The van der Waals surface area contributed by atoms with Gasteiger partial charge in [-0.05, 0) is 48.6 Å². The number of benzene rings is 2. The van der Waals surface area contributed by atoms with Crippen molar-refractivity contribution in [1.82, 2.24) is 15.5 Å². The highest BCUT2D eigenvalue weighted by Crippen LogP contribution is 2.21. The highest BCUT2D eigenvalue weighted by atomic mass is 32.1. The molecule has 0 saturated heterocycles. The molecule has 2 aromatic carbocycles. The van der Waals surface area contributed by atoms with Crippen LogP contribution in [0.1, 0.15) is 5.89 Å². The van der Waals surface area contributed by atoms with Gasteiger partial charge in [-0.3, -0.25) is 0 Å². The molecule has 0 unspecified atom stereocenters. The lowest BCUT2D eigenvalue weighted by Gasteiger charge is -2.08. The number of hydrogen-bond donors (Lipinski definition) is 2. The Balaban J connectivity index is 1.57. The highest BCUT2D eigenvalue weighted by molar-refractivity contribution is 7.80. The summed E-state index contributed by atoms with van der Waals surface area (Å²) in [6.07, 6.45) is 0. The first-order valence-corrected chi connectivity index (χ1v) is 7.82. The molecular formula is C17H15FN4O2S. The second-order valence-electron chi connectivity index (χ2n) is 5.06. The molecule has 3 rings (SSSR count). The van der Waals surface area contributed by atoms with Crippen LogP contribution in [0.2, 0.25) is 0 Å². The largest absolute Gasteiger partial charge is 0.497 e. The first kappa shape index (κ1) is 16.8. The standard InChI is InChI=1S/C17H15FN4O2S/c1-23-14-4-2-3-11(9-14)16-21-15(24-22-16)10-19-17(25)20-13-7-5-12(18)6-8-13/h2-9H,10H2,1H3,(H2,19,20,25). The normalized spacial score (nSPS) is 10.3. The van der Waals surface area contributed by atoms with E-state index >= 15 is 0 Å². The molecule has 3 aromatic rings. The summed E-state index contributed by atoms with van der Waals surface area (Å²) in [6, 6.07) is 13.3. The van der Waals surface area contributed by atoms with Gasteiger partial charge < -0.3 is 19.9 Å². The van der Waals surface area contributed by atoms with E-state index in [9.17, 15) is 4.39 Å². The summed E-state index contributed by atoms with van der Waals surface area (Å²) in [5.74, 6) is 1.26. The minimum atomic E-state index is -0.305. The fourth-order valence-electron chi connectivity index (χ4n) is 2.07. The Morgan fingerprint density at radius 2 is 2.04 bits per heavy atom. The Bertz CT molecular complexity index is 867. The Morgan fingerprint density at radius 3 is 2.80 bits per heavy atom. The van der Waals surface area contributed by atoms with Gasteiger partial charge in [-0.15, -0.1) is 0 Å². The van der Waals surface area contributed by atoms with Gasteiger partial charge in [0.05, 0.1) is 13.7 Å². The van der Waals surface area contributed by atoms with Gasteiger partial charge >= 0.3 is 0 Å². The van der Waals surface area contributed by atoms with Gasteiger partial charge in [-0.25, -0.2) is 4.39 Å². The summed E-state index contributed by atoms with van der Waals surface area (Å²) in [6.45, 7) is 0.268. The zero-order chi connectivity index (χ0) is 17.6. The van der Waals surface area contributed by atoms with Crippen molar-refractivity contribution in [2.45, 2.75) is 6.54 Å². The van der Waals surface area contributed by atoms with Crippen molar-refractivity contribution in [2.75, 3.05) is 12.4 Å². The number of thiocarbonyl (C=S) groups is 1. The van der Waals surface area contributed by atoms with Gasteiger partial charge in [-0.2, -0.15) is 4.98 Å². The maximum Gasteiger partial charge on any atom is 0.246 e. The van der Waals surface area contributed by atoms with Crippen molar-refractivity contribution in [3.05, 3.63) is 60.2 Å². The lowest BCUT2D eigenvalue weighted by Crippen LogP contribution is -2.27. The molecule has 0 atom stereocenters. The average molecular weight is 358 g/mol. The Labute approximate surface area is 149 Å². The molecule has 0 amide bonds. The van der Waals surface area contributed by atoms with Crippen LogP contribution in [0.15, 0.2) is 53.1 Å². The Kier molecular flexibility index (Phi) is 5.20. The van der Waals surface area contributed by atoms with Gasteiger partial charge in [-0.1, -0.05) is 17.3 Å². The lowest BCUT2D eigenvalue weighted by molar-refractivity contribution is 0.376. The van der Waals surface area contributed by atoms with Gasteiger partial charge in [0.25, 0.3) is 0 Å². The highest BCUT2D eigenvalue weighted by Gasteiger charge is 2.10. The average Bonchev–Trinajstić information content (AvgIpc) is 3.11. The third-order valence-electron chi connectivity index (χ3n) is 3.30. The molecule has 0 aliphatic rings. The number of nitrogens with zero attached hydrogens (tertiary/aromatic N) is 2. The number of ether oxygens (including phenoxy) is 1. The number of methoxy groups -OCH3 is 1.